The summed E-state index contributed by atoms with van der Waals surface area (Å²) in [6.07, 6.45) is 8.98. The molecule has 1 fully saturated rings. The van der Waals surface area contributed by atoms with Crippen LogP contribution in [0.2, 0.25) is 0 Å². The van der Waals surface area contributed by atoms with E-state index in [4.69, 9.17) is 4.74 Å². The highest BCUT2D eigenvalue weighted by molar-refractivity contribution is 14.1. The molecule has 0 unspecified atom stereocenters. The van der Waals surface area contributed by atoms with Crippen LogP contribution in [0.4, 0.5) is 5.69 Å². The Kier molecular flexibility index (Phi) is 7.85. The zero-order valence-corrected chi connectivity index (χ0v) is 15.5. The van der Waals surface area contributed by atoms with Crippen molar-refractivity contribution in [1.82, 2.24) is 0 Å². The van der Waals surface area contributed by atoms with Crippen LogP contribution >= 0.6 is 22.6 Å². The summed E-state index contributed by atoms with van der Waals surface area (Å²) in [5, 5.41) is 2.75. The second kappa shape index (κ2) is 9.90. The number of hydrogen-bond acceptors (Lipinski definition) is 3. The molecular weight excluding hydrogens is 405 g/mol. The summed E-state index contributed by atoms with van der Waals surface area (Å²) in [5.41, 5.74) is 0.742. The van der Waals surface area contributed by atoms with Crippen LogP contribution in [0.25, 0.3) is 0 Å². The summed E-state index contributed by atoms with van der Waals surface area (Å²) in [6, 6.07) is 7.50. The molecule has 5 heteroatoms. The lowest BCUT2D eigenvalue weighted by Crippen LogP contribution is -2.21. The Bertz CT molecular complexity index is 527. The van der Waals surface area contributed by atoms with Crippen LogP contribution in [-0.4, -0.2) is 18.5 Å². The summed E-state index contributed by atoms with van der Waals surface area (Å²) < 4.78 is 6.01. The van der Waals surface area contributed by atoms with E-state index in [9.17, 15) is 9.59 Å². The Balaban J connectivity index is 1.60. The molecule has 1 aromatic carbocycles. The van der Waals surface area contributed by atoms with Gasteiger partial charge in [-0.3, -0.25) is 9.59 Å². The minimum atomic E-state index is -0.297. The van der Waals surface area contributed by atoms with Gasteiger partial charge in [0.2, 0.25) is 0 Å². The first-order valence-corrected chi connectivity index (χ1v) is 9.43. The molecule has 0 heterocycles. The van der Waals surface area contributed by atoms with Crippen LogP contribution in [-0.2, 0) is 14.3 Å². The Morgan fingerprint density at radius 3 is 2.65 bits per heavy atom. The highest BCUT2D eigenvalue weighted by Gasteiger charge is 2.14. The largest absolute Gasteiger partial charge is 0.456 e. The number of nitrogens with one attached hydrogen (secondary N) is 1. The van der Waals surface area contributed by atoms with Gasteiger partial charge in [0.15, 0.2) is 6.61 Å². The van der Waals surface area contributed by atoms with Crippen molar-refractivity contribution in [2.75, 3.05) is 11.9 Å². The number of carbonyl (C=O) groups is 2. The molecule has 0 aliphatic heterocycles. The molecular formula is C18H24INO3. The van der Waals surface area contributed by atoms with Crippen LogP contribution in [0.1, 0.15) is 51.4 Å². The highest BCUT2D eigenvalue weighted by atomic mass is 127. The number of carbonyl (C=O) groups excluding carboxylic acids is 2. The molecule has 0 spiro atoms. The van der Waals surface area contributed by atoms with Crippen molar-refractivity contribution in [2.24, 2.45) is 5.92 Å². The lowest BCUT2D eigenvalue weighted by atomic mass is 9.86. The molecule has 0 aromatic heterocycles. The molecule has 0 bridgehead atoms. The van der Waals surface area contributed by atoms with Crippen LogP contribution in [0, 0.1) is 9.49 Å². The van der Waals surface area contributed by atoms with E-state index >= 15 is 0 Å². The van der Waals surface area contributed by atoms with E-state index in [1.54, 1.807) is 0 Å². The predicted molar refractivity (Wildman–Crippen MR) is 99.2 cm³/mol. The van der Waals surface area contributed by atoms with Gasteiger partial charge < -0.3 is 10.1 Å². The first-order chi connectivity index (χ1) is 11.1. The number of hydrogen-bond donors (Lipinski definition) is 1. The molecule has 0 radical (unpaired) electrons. The third kappa shape index (κ3) is 6.89. The van der Waals surface area contributed by atoms with Gasteiger partial charge in [0.25, 0.3) is 5.91 Å². The average Bonchev–Trinajstić information content (AvgIpc) is 2.56. The number of halogens is 1. The zero-order chi connectivity index (χ0) is 16.5. The standard InChI is InChI=1S/C18H24INO3/c19-15-10-4-5-11-16(15)20-17(21)13-23-18(22)12-6-9-14-7-2-1-3-8-14/h4-5,10-11,14H,1-3,6-9,12-13H2,(H,20,21). The Morgan fingerprint density at radius 1 is 1.17 bits per heavy atom. The summed E-state index contributed by atoms with van der Waals surface area (Å²) in [4.78, 5) is 23.5. The van der Waals surface area contributed by atoms with E-state index in [0.29, 0.717) is 6.42 Å². The fourth-order valence-corrected chi connectivity index (χ4v) is 3.50. The molecule has 1 aliphatic rings. The molecule has 1 N–H and O–H groups in total. The normalized spacial score (nSPS) is 15.2. The topological polar surface area (TPSA) is 55.4 Å². The fourth-order valence-electron chi connectivity index (χ4n) is 2.98. The van der Waals surface area contributed by atoms with Crippen molar-refractivity contribution in [3.05, 3.63) is 27.8 Å². The Morgan fingerprint density at radius 2 is 1.91 bits per heavy atom. The summed E-state index contributed by atoms with van der Waals surface area (Å²) in [5.74, 6) is 0.202. The van der Waals surface area contributed by atoms with Gasteiger partial charge >= 0.3 is 5.97 Å². The third-order valence-electron chi connectivity index (χ3n) is 4.23. The number of esters is 1. The van der Waals surface area contributed by atoms with Crippen LogP contribution < -0.4 is 5.32 Å². The van der Waals surface area contributed by atoms with E-state index in [1.165, 1.54) is 32.1 Å². The minimum absolute atomic E-state index is 0.215. The summed E-state index contributed by atoms with van der Waals surface area (Å²) >= 11 is 2.15. The number of anilines is 1. The van der Waals surface area contributed by atoms with Gasteiger partial charge in [-0.15, -0.1) is 0 Å². The molecule has 1 amide bonds. The fraction of sp³-hybridized carbons (Fsp3) is 0.556. The average molecular weight is 429 g/mol. The second-order valence-electron chi connectivity index (χ2n) is 6.08. The van der Waals surface area contributed by atoms with Crippen molar-refractivity contribution >= 4 is 40.2 Å². The number of benzene rings is 1. The molecule has 0 saturated heterocycles. The number of amides is 1. The maximum atomic E-state index is 11.8. The zero-order valence-electron chi connectivity index (χ0n) is 13.4. The molecule has 1 aliphatic carbocycles. The van der Waals surface area contributed by atoms with Crippen molar-refractivity contribution in [3.63, 3.8) is 0 Å². The minimum Gasteiger partial charge on any atom is -0.456 e. The van der Waals surface area contributed by atoms with Crippen LogP contribution in [0.3, 0.4) is 0 Å². The lowest BCUT2D eigenvalue weighted by Gasteiger charge is -2.20. The Hall–Kier alpha value is -1.11. The van der Waals surface area contributed by atoms with E-state index in [2.05, 4.69) is 27.9 Å². The smallest absolute Gasteiger partial charge is 0.306 e. The van der Waals surface area contributed by atoms with Gasteiger partial charge in [-0.25, -0.2) is 0 Å². The monoisotopic (exact) mass is 429 g/mol. The van der Waals surface area contributed by atoms with Crippen LogP contribution in [0.15, 0.2) is 24.3 Å². The summed E-state index contributed by atoms with van der Waals surface area (Å²) in [7, 11) is 0. The van der Waals surface area contributed by atoms with Gasteiger partial charge in [0, 0.05) is 9.99 Å². The summed E-state index contributed by atoms with van der Waals surface area (Å²) in [6.45, 7) is -0.215. The lowest BCUT2D eigenvalue weighted by molar-refractivity contribution is -0.147. The first kappa shape index (κ1) is 18.2. The molecule has 0 atom stereocenters. The first-order valence-electron chi connectivity index (χ1n) is 8.35. The van der Waals surface area contributed by atoms with Gasteiger partial charge in [-0.2, -0.15) is 0 Å². The molecule has 1 aromatic rings. The third-order valence-corrected chi connectivity index (χ3v) is 5.17. The molecule has 4 nitrogen and oxygen atoms in total. The molecule has 126 valence electrons. The van der Waals surface area contributed by atoms with Gasteiger partial charge in [0.1, 0.15) is 0 Å². The van der Waals surface area contributed by atoms with Crippen LogP contribution in [0.5, 0.6) is 0 Å². The van der Waals surface area contributed by atoms with Crippen molar-refractivity contribution in [1.29, 1.82) is 0 Å². The SMILES string of the molecule is O=C(COC(=O)CCCC1CCCCC1)Nc1ccccc1I. The molecule has 23 heavy (non-hydrogen) atoms. The van der Waals surface area contributed by atoms with Crippen molar-refractivity contribution in [2.45, 2.75) is 51.4 Å². The predicted octanol–water partition coefficient (Wildman–Crippen LogP) is 4.52. The quantitative estimate of drug-likeness (QED) is 0.512. The van der Waals surface area contributed by atoms with Crippen molar-refractivity contribution in [3.8, 4) is 0 Å². The van der Waals surface area contributed by atoms with Crippen molar-refractivity contribution < 1.29 is 14.3 Å². The molecule has 1 saturated carbocycles. The number of ether oxygens (including phenoxy) is 1. The van der Waals surface area contributed by atoms with Gasteiger partial charge in [0.05, 0.1) is 5.69 Å². The van der Waals surface area contributed by atoms with E-state index in [1.807, 2.05) is 24.3 Å². The number of para-hydroxylation sites is 1. The maximum Gasteiger partial charge on any atom is 0.306 e. The van der Waals surface area contributed by atoms with E-state index in [0.717, 1.165) is 28.0 Å². The molecule has 2 rings (SSSR count). The van der Waals surface area contributed by atoms with Gasteiger partial charge in [-0.05, 0) is 53.5 Å². The second-order valence-corrected chi connectivity index (χ2v) is 7.25. The van der Waals surface area contributed by atoms with E-state index in [-0.39, 0.29) is 18.5 Å². The maximum absolute atomic E-state index is 11.8. The van der Waals surface area contributed by atoms with E-state index < -0.39 is 0 Å². The highest BCUT2D eigenvalue weighted by Crippen LogP contribution is 2.27. The number of rotatable bonds is 7. The van der Waals surface area contributed by atoms with Gasteiger partial charge in [-0.1, -0.05) is 44.2 Å². The Labute approximate surface area is 151 Å².